The average molecular weight is 270 g/mol. The van der Waals surface area contributed by atoms with Gasteiger partial charge in [0.05, 0.1) is 6.61 Å². The molecule has 1 heterocycles. The van der Waals surface area contributed by atoms with Gasteiger partial charge >= 0.3 is 0 Å². The average Bonchev–Trinajstić information content (AvgIpc) is 2.77. The van der Waals surface area contributed by atoms with E-state index in [0.29, 0.717) is 6.54 Å². The number of hydrogen-bond acceptors (Lipinski definition) is 4. The number of hydrogen-bond donors (Lipinski definition) is 1. The summed E-state index contributed by atoms with van der Waals surface area (Å²) in [5, 5.41) is 2.88. The molecule has 0 aromatic carbocycles. The summed E-state index contributed by atoms with van der Waals surface area (Å²) < 4.78 is 28.8. The van der Waals surface area contributed by atoms with E-state index in [1.54, 1.807) is 6.92 Å². The molecule has 2 fully saturated rings. The Morgan fingerprint density at radius 1 is 1.38 bits per heavy atom. The highest BCUT2D eigenvalue weighted by atomic mass is 35.5. The lowest BCUT2D eigenvalue weighted by Crippen LogP contribution is -2.38. The van der Waals surface area contributed by atoms with Crippen molar-refractivity contribution in [3.63, 3.8) is 0 Å². The summed E-state index contributed by atoms with van der Waals surface area (Å²) in [6, 6.07) is 0. The Kier molecular flexibility index (Phi) is 4.63. The summed E-state index contributed by atoms with van der Waals surface area (Å²) in [7, 11) is -3.36. The topological polar surface area (TPSA) is 55.4 Å². The van der Waals surface area contributed by atoms with E-state index >= 15 is 0 Å². The van der Waals surface area contributed by atoms with Gasteiger partial charge in [-0.05, 0) is 19.8 Å². The molecule has 1 aliphatic carbocycles. The van der Waals surface area contributed by atoms with Crippen LogP contribution in [0.4, 0.5) is 0 Å². The van der Waals surface area contributed by atoms with Gasteiger partial charge in [0.15, 0.2) is 0 Å². The molecule has 0 aromatic rings. The third-order valence-electron chi connectivity index (χ3n) is 3.72. The molecule has 0 aromatic heterocycles. The van der Waals surface area contributed by atoms with E-state index in [-0.39, 0.29) is 29.7 Å². The minimum absolute atomic E-state index is 0. The van der Waals surface area contributed by atoms with Crippen molar-refractivity contribution in [1.29, 1.82) is 0 Å². The number of rotatable bonds is 3. The molecule has 2 rings (SSSR count). The van der Waals surface area contributed by atoms with Crippen molar-refractivity contribution in [3.8, 4) is 0 Å². The monoisotopic (exact) mass is 269 g/mol. The number of nitrogens with one attached hydrogen (secondary N) is 1. The van der Waals surface area contributed by atoms with Crippen LogP contribution in [0.25, 0.3) is 0 Å². The molecule has 1 spiro atoms. The predicted octanol–water partition coefficient (Wildman–Crippen LogP) is 1.31. The lowest BCUT2D eigenvalue weighted by Gasteiger charge is -2.28. The predicted molar refractivity (Wildman–Crippen MR) is 65.4 cm³/mol. The third kappa shape index (κ3) is 2.37. The molecular weight excluding hydrogens is 250 g/mol. The Morgan fingerprint density at radius 3 is 2.56 bits per heavy atom. The highest BCUT2D eigenvalue weighted by Gasteiger charge is 2.51. The SMILES string of the molecule is CCOS(=O)(=O)C1CNCC12CCCC2.Cl. The molecule has 1 aliphatic heterocycles. The van der Waals surface area contributed by atoms with Crippen LogP contribution in [0.2, 0.25) is 0 Å². The fourth-order valence-electron chi connectivity index (χ4n) is 3.02. The van der Waals surface area contributed by atoms with Crippen LogP contribution < -0.4 is 5.32 Å². The van der Waals surface area contributed by atoms with E-state index in [4.69, 9.17) is 4.18 Å². The minimum atomic E-state index is -3.36. The van der Waals surface area contributed by atoms with Crippen LogP contribution in [0.5, 0.6) is 0 Å². The first-order valence-electron chi connectivity index (χ1n) is 5.70. The molecule has 16 heavy (non-hydrogen) atoms. The van der Waals surface area contributed by atoms with Crippen molar-refractivity contribution >= 4 is 22.5 Å². The van der Waals surface area contributed by atoms with Crippen LogP contribution in [0, 0.1) is 5.41 Å². The second kappa shape index (κ2) is 5.21. The Balaban J connectivity index is 0.00000128. The highest BCUT2D eigenvalue weighted by molar-refractivity contribution is 7.87. The first kappa shape index (κ1) is 14.2. The molecular formula is C10H20ClNO3S. The van der Waals surface area contributed by atoms with E-state index in [1.165, 1.54) is 0 Å². The minimum Gasteiger partial charge on any atom is -0.315 e. The van der Waals surface area contributed by atoms with Crippen LogP contribution >= 0.6 is 12.4 Å². The number of halogens is 1. The van der Waals surface area contributed by atoms with Crippen molar-refractivity contribution in [1.82, 2.24) is 5.32 Å². The first-order valence-corrected chi connectivity index (χ1v) is 7.17. The standard InChI is InChI=1S/C10H19NO3S.ClH/c1-2-14-15(12,13)9-7-11-8-10(9)5-3-4-6-10;/h9,11H,2-8H2,1H3;1H. The molecule has 1 atom stereocenters. The Labute approximate surface area is 104 Å². The zero-order chi connectivity index (χ0) is 10.9. The van der Waals surface area contributed by atoms with Gasteiger partial charge < -0.3 is 5.32 Å². The molecule has 1 unspecified atom stereocenters. The lowest BCUT2D eigenvalue weighted by molar-refractivity contribution is 0.286. The highest BCUT2D eigenvalue weighted by Crippen LogP contribution is 2.45. The second-order valence-corrected chi connectivity index (χ2v) is 6.38. The van der Waals surface area contributed by atoms with E-state index < -0.39 is 10.1 Å². The molecule has 0 radical (unpaired) electrons. The summed E-state index contributed by atoms with van der Waals surface area (Å²) in [5.41, 5.74) is -0.0337. The maximum Gasteiger partial charge on any atom is 0.272 e. The fourth-order valence-corrected chi connectivity index (χ4v) is 4.76. The van der Waals surface area contributed by atoms with Crippen molar-refractivity contribution in [2.45, 2.75) is 37.9 Å². The van der Waals surface area contributed by atoms with Gasteiger partial charge in [-0.15, -0.1) is 12.4 Å². The summed E-state index contributed by atoms with van der Waals surface area (Å²) in [4.78, 5) is 0. The van der Waals surface area contributed by atoms with Gasteiger partial charge in [-0.1, -0.05) is 12.8 Å². The van der Waals surface area contributed by atoms with E-state index in [9.17, 15) is 8.42 Å². The first-order chi connectivity index (χ1) is 7.11. The Bertz CT molecular complexity index is 319. The fraction of sp³-hybridized carbons (Fsp3) is 1.00. The van der Waals surface area contributed by atoms with Gasteiger partial charge in [0.25, 0.3) is 10.1 Å². The van der Waals surface area contributed by atoms with Crippen LogP contribution in [0.1, 0.15) is 32.6 Å². The summed E-state index contributed by atoms with van der Waals surface area (Å²) in [6.45, 7) is 3.36. The normalized spacial score (nSPS) is 28.2. The maximum atomic E-state index is 11.9. The largest absolute Gasteiger partial charge is 0.315 e. The van der Waals surface area contributed by atoms with Crippen LogP contribution in [0.3, 0.4) is 0 Å². The molecule has 0 amide bonds. The summed E-state index contributed by atoms with van der Waals surface area (Å²) in [5.74, 6) is 0. The molecule has 96 valence electrons. The van der Waals surface area contributed by atoms with Gasteiger partial charge in [0.2, 0.25) is 0 Å². The van der Waals surface area contributed by atoms with Gasteiger partial charge in [-0.2, -0.15) is 8.42 Å². The van der Waals surface area contributed by atoms with E-state index in [0.717, 1.165) is 32.2 Å². The zero-order valence-corrected chi connectivity index (χ0v) is 11.2. The second-order valence-electron chi connectivity index (χ2n) is 4.59. The summed E-state index contributed by atoms with van der Waals surface area (Å²) in [6.07, 6.45) is 4.35. The summed E-state index contributed by atoms with van der Waals surface area (Å²) >= 11 is 0. The van der Waals surface area contributed by atoms with Crippen molar-refractivity contribution in [2.24, 2.45) is 5.41 Å². The molecule has 6 heteroatoms. The Hall–Kier alpha value is 0.160. The van der Waals surface area contributed by atoms with Gasteiger partial charge in [-0.25, -0.2) is 0 Å². The van der Waals surface area contributed by atoms with E-state index in [2.05, 4.69) is 5.32 Å². The molecule has 0 bridgehead atoms. The van der Waals surface area contributed by atoms with Gasteiger partial charge in [0, 0.05) is 18.5 Å². The van der Waals surface area contributed by atoms with E-state index in [1.807, 2.05) is 0 Å². The van der Waals surface area contributed by atoms with Gasteiger partial charge in [0.1, 0.15) is 5.25 Å². The lowest BCUT2D eigenvalue weighted by atomic mass is 9.85. The molecule has 1 saturated carbocycles. The van der Waals surface area contributed by atoms with Crippen molar-refractivity contribution in [2.75, 3.05) is 19.7 Å². The van der Waals surface area contributed by atoms with Crippen LogP contribution in [-0.2, 0) is 14.3 Å². The quantitative estimate of drug-likeness (QED) is 0.785. The smallest absolute Gasteiger partial charge is 0.272 e. The molecule has 4 nitrogen and oxygen atoms in total. The van der Waals surface area contributed by atoms with Crippen LogP contribution in [-0.4, -0.2) is 33.4 Å². The van der Waals surface area contributed by atoms with Crippen LogP contribution in [0.15, 0.2) is 0 Å². The maximum absolute atomic E-state index is 11.9. The molecule has 2 aliphatic rings. The third-order valence-corrected chi connectivity index (χ3v) is 5.65. The molecule has 1 N–H and O–H groups in total. The van der Waals surface area contributed by atoms with Gasteiger partial charge in [-0.3, -0.25) is 4.18 Å². The molecule has 1 saturated heterocycles. The van der Waals surface area contributed by atoms with Crippen molar-refractivity contribution < 1.29 is 12.6 Å². The Morgan fingerprint density at radius 2 is 2.00 bits per heavy atom. The van der Waals surface area contributed by atoms with Crippen molar-refractivity contribution in [3.05, 3.63) is 0 Å². The zero-order valence-electron chi connectivity index (χ0n) is 9.57.